The zero-order valence-corrected chi connectivity index (χ0v) is 18.0. The Morgan fingerprint density at radius 1 is 1.34 bits per heavy atom. The van der Waals surface area contributed by atoms with Gasteiger partial charge in [-0.1, -0.05) is 6.42 Å². The van der Waals surface area contributed by atoms with Crippen LogP contribution >= 0.6 is 0 Å². The molecular weight excluding hydrogens is 374 g/mol. The van der Waals surface area contributed by atoms with Gasteiger partial charge in [0.2, 0.25) is 0 Å². The number of aliphatic carboxylic acids is 1. The Morgan fingerprint density at radius 2 is 2.10 bits per heavy atom. The fourth-order valence-corrected chi connectivity index (χ4v) is 3.45. The van der Waals surface area contributed by atoms with E-state index in [0.717, 1.165) is 37.2 Å². The first kappa shape index (κ1) is 23.3. The molecule has 1 aliphatic rings. The first-order valence-corrected chi connectivity index (χ1v) is 10.3. The van der Waals surface area contributed by atoms with Gasteiger partial charge in [0.05, 0.1) is 37.0 Å². The Hall–Kier alpha value is -1.99. The van der Waals surface area contributed by atoms with E-state index in [2.05, 4.69) is 0 Å². The normalized spacial score (nSPS) is 21.0. The number of nitrogens with two attached hydrogens (primary N) is 1. The lowest BCUT2D eigenvalue weighted by atomic mass is 9.87. The Morgan fingerprint density at radius 3 is 2.76 bits per heavy atom. The third-order valence-corrected chi connectivity index (χ3v) is 5.18. The Bertz CT molecular complexity index is 693. The number of hydrogen-bond acceptors (Lipinski definition) is 6. The van der Waals surface area contributed by atoms with E-state index in [9.17, 15) is 4.79 Å². The van der Waals surface area contributed by atoms with Gasteiger partial charge in [-0.25, -0.2) is 0 Å². The summed E-state index contributed by atoms with van der Waals surface area (Å²) in [6.45, 7) is 8.57. The molecule has 3 N–H and O–H groups in total. The molecule has 2 atom stereocenters. The van der Waals surface area contributed by atoms with Crippen LogP contribution in [0.5, 0.6) is 0 Å². The van der Waals surface area contributed by atoms with Crippen LogP contribution in [0.2, 0.25) is 0 Å². The highest BCUT2D eigenvalue weighted by molar-refractivity contribution is 5.67. The van der Waals surface area contributed by atoms with Gasteiger partial charge in [-0.3, -0.25) is 4.79 Å². The third-order valence-electron chi connectivity index (χ3n) is 5.18. The molecule has 1 aromatic rings. The molecule has 1 aromatic heterocycles. The summed E-state index contributed by atoms with van der Waals surface area (Å²) in [5.74, 6) is 1.78. The molecule has 0 aliphatic heterocycles. The first-order chi connectivity index (χ1) is 13.6. The zero-order valence-electron chi connectivity index (χ0n) is 18.0. The largest absolute Gasteiger partial charge is 0.488 e. The van der Waals surface area contributed by atoms with E-state index in [4.69, 9.17) is 29.5 Å². The predicted octanol–water partition coefficient (Wildman–Crippen LogP) is 4.14. The maximum atomic E-state index is 10.9. The second-order valence-electron chi connectivity index (χ2n) is 8.49. The van der Waals surface area contributed by atoms with Crippen LogP contribution in [0, 0.1) is 12.8 Å². The van der Waals surface area contributed by atoms with Crippen molar-refractivity contribution in [3.05, 3.63) is 35.1 Å². The highest BCUT2D eigenvalue weighted by atomic mass is 16.5. The highest BCUT2D eigenvalue weighted by Gasteiger charge is 2.27. The molecule has 2 unspecified atom stereocenters. The van der Waals surface area contributed by atoms with Gasteiger partial charge in [-0.2, -0.15) is 0 Å². The molecule has 0 amide bonds. The molecule has 1 heterocycles. The van der Waals surface area contributed by atoms with Crippen LogP contribution in [-0.2, 0) is 25.6 Å². The van der Waals surface area contributed by atoms with E-state index < -0.39 is 11.6 Å². The summed E-state index contributed by atoms with van der Waals surface area (Å²) in [5.41, 5.74) is 6.04. The van der Waals surface area contributed by atoms with Crippen molar-refractivity contribution in [2.75, 3.05) is 13.2 Å². The smallest absolute Gasteiger partial charge is 0.306 e. The molecule has 0 bridgehead atoms. The molecule has 7 heteroatoms. The molecule has 0 saturated heterocycles. The monoisotopic (exact) mass is 409 g/mol. The SMILES string of the molecule is C/C(OCc1ccc(C)o1)=C(/N)COC1CCCC(COC(C)(C)CC(=O)O)C1. The van der Waals surface area contributed by atoms with Crippen molar-refractivity contribution >= 4 is 5.97 Å². The van der Waals surface area contributed by atoms with E-state index in [1.807, 2.05) is 39.8 Å². The topological polar surface area (TPSA) is 104 Å². The summed E-state index contributed by atoms with van der Waals surface area (Å²) >= 11 is 0. The molecule has 1 aliphatic carbocycles. The highest BCUT2D eigenvalue weighted by Crippen LogP contribution is 2.28. The van der Waals surface area contributed by atoms with Crippen molar-refractivity contribution in [2.24, 2.45) is 11.7 Å². The van der Waals surface area contributed by atoms with Crippen LogP contribution in [-0.4, -0.2) is 36.0 Å². The van der Waals surface area contributed by atoms with Crippen molar-refractivity contribution in [2.45, 2.75) is 78.1 Å². The first-order valence-electron chi connectivity index (χ1n) is 10.3. The van der Waals surface area contributed by atoms with Gasteiger partial charge in [0.25, 0.3) is 0 Å². The third kappa shape index (κ3) is 8.50. The van der Waals surface area contributed by atoms with Crippen LogP contribution in [0.15, 0.2) is 28.0 Å². The lowest BCUT2D eigenvalue weighted by Crippen LogP contribution is -2.33. The minimum Gasteiger partial charge on any atom is -0.488 e. The van der Waals surface area contributed by atoms with Crippen molar-refractivity contribution < 1.29 is 28.5 Å². The fourth-order valence-electron chi connectivity index (χ4n) is 3.45. The van der Waals surface area contributed by atoms with Crippen molar-refractivity contribution in [3.8, 4) is 0 Å². The van der Waals surface area contributed by atoms with Gasteiger partial charge in [0.1, 0.15) is 23.9 Å². The average Bonchev–Trinajstić information content (AvgIpc) is 3.07. The number of carbonyl (C=O) groups is 1. The lowest BCUT2D eigenvalue weighted by molar-refractivity contribution is -0.145. The van der Waals surface area contributed by atoms with E-state index in [1.165, 1.54) is 0 Å². The molecule has 0 radical (unpaired) electrons. The van der Waals surface area contributed by atoms with Crippen LogP contribution in [0.1, 0.15) is 64.4 Å². The average molecular weight is 410 g/mol. The summed E-state index contributed by atoms with van der Waals surface area (Å²) in [7, 11) is 0. The van der Waals surface area contributed by atoms with E-state index in [1.54, 1.807) is 0 Å². The Labute approximate surface area is 173 Å². The number of rotatable bonds is 11. The maximum absolute atomic E-state index is 10.9. The Balaban J connectivity index is 1.74. The van der Waals surface area contributed by atoms with Crippen LogP contribution in [0.25, 0.3) is 0 Å². The quantitative estimate of drug-likeness (QED) is 0.529. The number of carboxylic acids is 1. The van der Waals surface area contributed by atoms with E-state index >= 15 is 0 Å². The van der Waals surface area contributed by atoms with Crippen molar-refractivity contribution in [3.63, 3.8) is 0 Å². The minimum absolute atomic E-state index is 0.00216. The number of aryl methyl sites for hydroxylation is 1. The van der Waals surface area contributed by atoms with Gasteiger partial charge < -0.3 is 29.5 Å². The van der Waals surface area contributed by atoms with Gasteiger partial charge in [-0.05, 0) is 65.0 Å². The van der Waals surface area contributed by atoms with Gasteiger partial charge in [0, 0.05) is 0 Å². The Kier molecular flexibility index (Phi) is 8.59. The molecule has 7 nitrogen and oxygen atoms in total. The summed E-state index contributed by atoms with van der Waals surface area (Å²) < 4.78 is 23.1. The molecular formula is C22H35NO6. The van der Waals surface area contributed by atoms with Crippen LogP contribution in [0.3, 0.4) is 0 Å². The van der Waals surface area contributed by atoms with Gasteiger partial charge >= 0.3 is 5.97 Å². The number of furan rings is 1. The van der Waals surface area contributed by atoms with Crippen LogP contribution < -0.4 is 5.73 Å². The second-order valence-corrected chi connectivity index (χ2v) is 8.49. The molecule has 0 spiro atoms. The molecule has 2 rings (SSSR count). The second kappa shape index (κ2) is 10.7. The van der Waals surface area contributed by atoms with E-state index in [0.29, 0.717) is 37.2 Å². The fraction of sp³-hybridized carbons (Fsp3) is 0.682. The zero-order chi connectivity index (χ0) is 21.4. The predicted molar refractivity (Wildman–Crippen MR) is 109 cm³/mol. The van der Waals surface area contributed by atoms with Gasteiger partial charge in [0.15, 0.2) is 0 Å². The standard InChI is InChI=1S/C22H35NO6/c1-15-8-9-19(29-15)13-26-16(2)20(23)14-27-18-7-5-6-17(10-18)12-28-22(3,4)11-21(24)25/h8-9,17-18H,5-7,10-14,23H2,1-4H3,(H,24,25)/b20-16-. The molecule has 29 heavy (non-hydrogen) atoms. The number of hydrogen-bond donors (Lipinski definition) is 2. The number of ether oxygens (including phenoxy) is 3. The lowest BCUT2D eigenvalue weighted by Gasteiger charge is -2.32. The summed E-state index contributed by atoms with van der Waals surface area (Å²) in [6.07, 6.45) is 4.14. The van der Waals surface area contributed by atoms with Crippen molar-refractivity contribution in [1.29, 1.82) is 0 Å². The molecule has 0 aromatic carbocycles. The van der Waals surface area contributed by atoms with Gasteiger partial charge in [-0.15, -0.1) is 0 Å². The minimum atomic E-state index is -0.845. The van der Waals surface area contributed by atoms with Crippen molar-refractivity contribution in [1.82, 2.24) is 0 Å². The summed E-state index contributed by atoms with van der Waals surface area (Å²) in [5, 5.41) is 8.97. The molecule has 1 fully saturated rings. The molecule has 1 saturated carbocycles. The maximum Gasteiger partial charge on any atom is 0.306 e. The van der Waals surface area contributed by atoms with Crippen LogP contribution in [0.4, 0.5) is 0 Å². The van der Waals surface area contributed by atoms with E-state index in [-0.39, 0.29) is 12.5 Å². The molecule has 164 valence electrons. The number of allylic oxidation sites excluding steroid dienone is 1. The summed E-state index contributed by atoms with van der Waals surface area (Å²) in [4.78, 5) is 10.9. The number of carboxylic acid groups (broad SMARTS) is 1. The summed E-state index contributed by atoms with van der Waals surface area (Å²) in [6, 6.07) is 3.79.